The molecule has 2 aromatic rings. The SMILES string of the molecule is O=Cc1c(O)cccc1O.Oc1ccc(O)cc1. The number of phenols is 4. The number of aromatic hydroxyl groups is 4. The van der Waals surface area contributed by atoms with Crippen molar-refractivity contribution >= 4 is 6.29 Å². The van der Waals surface area contributed by atoms with E-state index in [-0.39, 0.29) is 28.6 Å². The zero-order valence-corrected chi connectivity index (χ0v) is 9.32. The topological polar surface area (TPSA) is 98.0 Å². The highest BCUT2D eigenvalue weighted by Gasteiger charge is 2.02. The Morgan fingerprint density at radius 1 is 0.722 bits per heavy atom. The standard InChI is InChI=1S/C7H6O3.C6H6O2/c8-4-5-6(9)2-1-3-7(5)10;7-5-1-2-6(8)4-3-5/h1-4,9-10H;1-4,7-8H. The first kappa shape index (κ1) is 13.4. The zero-order valence-electron chi connectivity index (χ0n) is 9.32. The van der Waals surface area contributed by atoms with Gasteiger partial charge in [0.05, 0.1) is 5.56 Å². The van der Waals surface area contributed by atoms with Gasteiger partial charge >= 0.3 is 0 Å². The predicted molar refractivity (Wildman–Crippen MR) is 64.9 cm³/mol. The van der Waals surface area contributed by atoms with Crippen LogP contribution in [0.4, 0.5) is 0 Å². The maximum Gasteiger partial charge on any atom is 0.157 e. The highest BCUT2D eigenvalue weighted by molar-refractivity contribution is 5.83. The van der Waals surface area contributed by atoms with Gasteiger partial charge in [0.25, 0.3) is 0 Å². The largest absolute Gasteiger partial charge is 0.508 e. The van der Waals surface area contributed by atoms with Crippen molar-refractivity contribution in [2.24, 2.45) is 0 Å². The molecule has 5 heteroatoms. The lowest BCUT2D eigenvalue weighted by molar-refractivity contribution is 0.111. The second-order valence-corrected chi connectivity index (χ2v) is 3.34. The molecule has 4 N–H and O–H groups in total. The van der Waals surface area contributed by atoms with Gasteiger partial charge in [0.15, 0.2) is 6.29 Å². The van der Waals surface area contributed by atoms with Gasteiger partial charge in [0.1, 0.15) is 23.0 Å². The van der Waals surface area contributed by atoms with E-state index in [0.29, 0.717) is 6.29 Å². The smallest absolute Gasteiger partial charge is 0.157 e. The van der Waals surface area contributed by atoms with Crippen molar-refractivity contribution in [2.75, 3.05) is 0 Å². The molecule has 94 valence electrons. The molecule has 0 radical (unpaired) electrons. The van der Waals surface area contributed by atoms with Crippen LogP contribution in [0.2, 0.25) is 0 Å². The second-order valence-electron chi connectivity index (χ2n) is 3.34. The van der Waals surface area contributed by atoms with Gasteiger partial charge in [-0.25, -0.2) is 0 Å². The molecule has 0 saturated heterocycles. The second kappa shape index (κ2) is 6.15. The molecule has 0 unspecified atom stereocenters. The van der Waals surface area contributed by atoms with Crippen LogP contribution in [0, 0.1) is 0 Å². The van der Waals surface area contributed by atoms with Gasteiger partial charge in [-0.05, 0) is 36.4 Å². The van der Waals surface area contributed by atoms with Gasteiger partial charge in [-0.2, -0.15) is 0 Å². The molecule has 0 amide bonds. The Morgan fingerprint density at radius 3 is 1.39 bits per heavy atom. The number of aldehydes is 1. The van der Waals surface area contributed by atoms with Crippen LogP contribution in [-0.4, -0.2) is 26.7 Å². The Morgan fingerprint density at radius 2 is 1.11 bits per heavy atom. The molecule has 0 aromatic heterocycles. The van der Waals surface area contributed by atoms with Crippen LogP contribution in [0.25, 0.3) is 0 Å². The highest BCUT2D eigenvalue weighted by atomic mass is 16.3. The fourth-order valence-electron chi connectivity index (χ4n) is 1.11. The Labute approximate surface area is 103 Å². The molecular weight excluding hydrogens is 236 g/mol. The minimum atomic E-state index is -0.199. The summed E-state index contributed by atoms with van der Waals surface area (Å²) in [4.78, 5) is 10.1. The first-order chi connectivity index (χ1) is 8.54. The van der Waals surface area contributed by atoms with Gasteiger partial charge < -0.3 is 20.4 Å². The van der Waals surface area contributed by atoms with E-state index < -0.39 is 0 Å². The van der Waals surface area contributed by atoms with Crippen LogP contribution >= 0.6 is 0 Å². The summed E-state index contributed by atoms with van der Waals surface area (Å²) in [5.41, 5.74) is -0.0671. The average Bonchev–Trinajstić information content (AvgIpc) is 2.34. The molecule has 0 aliphatic rings. The normalized spacial score (nSPS) is 9.11. The molecule has 18 heavy (non-hydrogen) atoms. The lowest BCUT2D eigenvalue weighted by Gasteiger charge is -1.97. The molecule has 0 heterocycles. The number of hydrogen-bond acceptors (Lipinski definition) is 5. The van der Waals surface area contributed by atoms with Crippen LogP contribution < -0.4 is 0 Å². The lowest BCUT2D eigenvalue weighted by Crippen LogP contribution is -1.80. The third-order valence-electron chi connectivity index (χ3n) is 2.03. The van der Waals surface area contributed by atoms with Gasteiger partial charge in [-0.1, -0.05) is 6.07 Å². The van der Waals surface area contributed by atoms with E-state index in [0.717, 1.165) is 0 Å². The Bertz CT molecular complexity index is 478. The number of carbonyl (C=O) groups is 1. The van der Waals surface area contributed by atoms with Crippen molar-refractivity contribution in [1.29, 1.82) is 0 Å². The van der Waals surface area contributed by atoms with Gasteiger partial charge in [-0.3, -0.25) is 4.79 Å². The predicted octanol–water partition coefficient (Wildman–Crippen LogP) is 2.01. The van der Waals surface area contributed by atoms with Crippen LogP contribution in [0.3, 0.4) is 0 Å². The van der Waals surface area contributed by atoms with E-state index in [9.17, 15) is 4.79 Å². The third kappa shape index (κ3) is 3.71. The highest BCUT2D eigenvalue weighted by Crippen LogP contribution is 2.23. The molecule has 0 saturated carbocycles. The number of hydrogen-bond donors (Lipinski definition) is 4. The molecular formula is C13H12O5. The quantitative estimate of drug-likeness (QED) is 0.457. The summed E-state index contributed by atoms with van der Waals surface area (Å²) in [6, 6.07) is 9.83. The Balaban J connectivity index is 0.000000184. The summed E-state index contributed by atoms with van der Waals surface area (Å²) in [6.07, 6.45) is 0.407. The summed E-state index contributed by atoms with van der Waals surface area (Å²) in [6.45, 7) is 0. The lowest BCUT2D eigenvalue weighted by atomic mass is 10.2. The summed E-state index contributed by atoms with van der Waals surface area (Å²) in [5.74, 6) is -0.0596. The van der Waals surface area contributed by atoms with E-state index in [1.807, 2.05) is 0 Å². The van der Waals surface area contributed by atoms with E-state index in [4.69, 9.17) is 20.4 Å². The fourth-order valence-corrected chi connectivity index (χ4v) is 1.11. The van der Waals surface area contributed by atoms with Gasteiger partial charge in [0.2, 0.25) is 0 Å². The molecule has 0 atom stereocenters. The molecule has 0 aliphatic carbocycles. The van der Waals surface area contributed by atoms with Crippen molar-refractivity contribution in [2.45, 2.75) is 0 Å². The maximum absolute atomic E-state index is 10.1. The van der Waals surface area contributed by atoms with E-state index in [1.165, 1.54) is 42.5 Å². The van der Waals surface area contributed by atoms with E-state index in [1.54, 1.807) is 0 Å². The number of phenolic OH excluding ortho intramolecular Hbond substituents is 4. The molecule has 0 bridgehead atoms. The summed E-state index contributed by atoms with van der Waals surface area (Å²) < 4.78 is 0. The van der Waals surface area contributed by atoms with Crippen molar-refractivity contribution in [3.05, 3.63) is 48.0 Å². The molecule has 0 aliphatic heterocycles. The molecule has 0 spiro atoms. The minimum absolute atomic E-state index is 0.0671. The summed E-state index contributed by atoms with van der Waals surface area (Å²) in [5, 5.41) is 35.1. The van der Waals surface area contributed by atoms with Crippen LogP contribution in [0.1, 0.15) is 10.4 Å². The average molecular weight is 248 g/mol. The van der Waals surface area contributed by atoms with Crippen molar-refractivity contribution in [3.8, 4) is 23.0 Å². The van der Waals surface area contributed by atoms with Crippen LogP contribution in [0.15, 0.2) is 42.5 Å². The van der Waals surface area contributed by atoms with Crippen LogP contribution in [-0.2, 0) is 0 Å². The fraction of sp³-hybridized carbons (Fsp3) is 0. The third-order valence-corrected chi connectivity index (χ3v) is 2.03. The summed E-state index contributed by atoms with van der Waals surface area (Å²) >= 11 is 0. The minimum Gasteiger partial charge on any atom is -0.508 e. The molecule has 0 fully saturated rings. The monoisotopic (exact) mass is 248 g/mol. The van der Waals surface area contributed by atoms with Crippen molar-refractivity contribution in [3.63, 3.8) is 0 Å². The molecule has 5 nitrogen and oxygen atoms in total. The van der Waals surface area contributed by atoms with E-state index >= 15 is 0 Å². The number of carbonyl (C=O) groups excluding carboxylic acids is 1. The van der Waals surface area contributed by atoms with Gasteiger partial charge in [0, 0.05) is 0 Å². The molecule has 2 aromatic carbocycles. The van der Waals surface area contributed by atoms with E-state index in [2.05, 4.69) is 0 Å². The number of rotatable bonds is 1. The van der Waals surface area contributed by atoms with Crippen molar-refractivity contribution < 1.29 is 25.2 Å². The first-order valence-electron chi connectivity index (χ1n) is 4.98. The van der Waals surface area contributed by atoms with Crippen molar-refractivity contribution in [1.82, 2.24) is 0 Å². The van der Waals surface area contributed by atoms with Gasteiger partial charge in [-0.15, -0.1) is 0 Å². The van der Waals surface area contributed by atoms with Crippen LogP contribution in [0.5, 0.6) is 23.0 Å². The Kier molecular flexibility index (Phi) is 4.57. The molecule has 2 rings (SSSR count). The first-order valence-corrected chi connectivity index (χ1v) is 4.98. The summed E-state index contributed by atoms with van der Waals surface area (Å²) in [7, 11) is 0. The number of benzene rings is 2. The zero-order chi connectivity index (χ0) is 13.5. The maximum atomic E-state index is 10.1. The Hall–Kier alpha value is -2.69.